The van der Waals surface area contributed by atoms with Gasteiger partial charge >= 0.3 is 0 Å². The SMILES string of the molecule is CSCCCCCNC1CCOC(C)C1. The summed E-state index contributed by atoms with van der Waals surface area (Å²) >= 11 is 1.95. The second-order valence-electron chi connectivity index (χ2n) is 4.41. The van der Waals surface area contributed by atoms with Crippen LogP contribution in [-0.2, 0) is 4.74 Å². The van der Waals surface area contributed by atoms with Crippen LogP contribution in [0.25, 0.3) is 0 Å². The molecule has 1 aliphatic rings. The van der Waals surface area contributed by atoms with Crippen molar-refractivity contribution in [3.8, 4) is 0 Å². The molecule has 1 aliphatic heterocycles. The maximum Gasteiger partial charge on any atom is 0.0561 e. The number of hydrogen-bond acceptors (Lipinski definition) is 3. The Bertz CT molecular complexity index is 155. The van der Waals surface area contributed by atoms with Gasteiger partial charge in [0.25, 0.3) is 0 Å². The highest BCUT2D eigenvalue weighted by molar-refractivity contribution is 7.98. The van der Waals surface area contributed by atoms with Gasteiger partial charge in [-0.3, -0.25) is 0 Å². The Morgan fingerprint density at radius 1 is 1.33 bits per heavy atom. The zero-order valence-corrected chi connectivity index (χ0v) is 10.9. The molecule has 0 aromatic rings. The van der Waals surface area contributed by atoms with Crippen LogP contribution in [0, 0.1) is 0 Å². The molecule has 2 nitrogen and oxygen atoms in total. The third-order valence-electron chi connectivity index (χ3n) is 2.94. The lowest BCUT2D eigenvalue weighted by atomic mass is 10.0. The topological polar surface area (TPSA) is 21.3 Å². The lowest BCUT2D eigenvalue weighted by Crippen LogP contribution is -2.38. The Hall–Kier alpha value is 0.270. The fourth-order valence-corrected chi connectivity index (χ4v) is 2.53. The largest absolute Gasteiger partial charge is 0.378 e. The van der Waals surface area contributed by atoms with Crippen molar-refractivity contribution in [2.24, 2.45) is 0 Å². The molecule has 1 fully saturated rings. The summed E-state index contributed by atoms with van der Waals surface area (Å²) in [6, 6.07) is 0.703. The van der Waals surface area contributed by atoms with E-state index in [2.05, 4.69) is 18.5 Å². The molecule has 1 heterocycles. The Morgan fingerprint density at radius 2 is 2.20 bits per heavy atom. The Morgan fingerprint density at radius 3 is 2.93 bits per heavy atom. The lowest BCUT2D eigenvalue weighted by Gasteiger charge is -2.28. The second kappa shape index (κ2) is 8.43. The van der Waals surface area contributed by atoms with Crippen molar-refractivity contribution in [1.29, 1.82) is 0 Å². The predicted octanol–water partition coefficient (Wildman–Crippen LogP) is 2.68. The maximum atomic E-state index is 5.52. The standard InChI is InChI=1S/C12H25NOS/c1-11-10-12(6-8-14-11)13-7-4-3-5-9-15-2/h11-13H,3-10H2,1-2H3. The van der Waals surface area contributed by atoms with Crippen molar-refractivity contribution >= 4 is 11.8 Å². The third kappa shape index (κ3) is 6.44. The molecular formula is C12H25NOS. The first-order valence-electron chi connectivity index (χ1n) is 6.17. The van der Waals surface area contributed by atoms with Gasteiger partial charge in [0.05, 0.1) is 6.10 Å². The molecule has 0 bridgehead atoms. The molecule has 0 aromatic carbocycles. The number of rotatable bonds is 7. The predicted molar refractivity (Wildman–Crippen MR) is 68.7 cm³/mol. The summed E-state index contributed by atoms with van der Waals surface area (Å²) in [7, 11) is 0. The molecule has 0 spiro atoms. The summed E-state index contributed by atoms with van der Waals surface area (Å²) < 4.78 is 5.52. The van der Waals surface area contributed by atoms with Gasteiger partial charge in [0.15, 0.2) is 0 Å². The summed E-state index contributed by atoms with van der Waals surface area (Å²) in [5, 5.41) is 3.64. The highest BCUT2D eigenvalue weighted by Gasteiger charge is 2.17. The van der Waals surface area contributed by atoms with E-state index in [0.29, 0.717) is 12.1 Å². The zero-order chi connectivity index (χ0) is 10.9. The van der Waals surface area contributed by atoms with Gasteiger partial charge in [-0.1, -0.05) is 6.42 Å². The van der Waals surface area contributed by atoms with Gasteiger partial charge in [-0.05, 0) is 51.2 Å². The minimum Gasteiger partial charge on any atom is -0.378 e. The fourth-order valence-electron chi connectivity index (χ4n) is 2.04. The number of thioether (sulfide) groups is 1. The van der Waals surface area contributed by atoms with E-state index in [0.717, 1.165) is 6.61 Å². The van der Waals surface area contributed by atoms with E-state index in [9.17, 15) is 0 Å². The zero-order valence-electron chi connectivity index (χ0n) is 10.1. The summed E-state index contributed by atoms with van der Waals surface area (Å²) in [5.74, 6) is 1.31. The molecule has 2 unspecified atom stereocenters. The second-order valence-corrected chi connectivity index (χ2v) is 5.40. The van der Waals surface area contributed by atoms with Crippen LogP contribution >= 0.6 is 11.8 Å². The maximum absolute atomic E-state index is 5.52. The molecule has 0 aromatic heterocycles. The van der Waals surface area contributed by atoms with Crippen LogP contribution in [0.15, 0.2) is 0 Å². The molecule has 0 radical (unpaired) electrons. The Balaban J connectivity index is 1.90. The molecule has 3 heteroatoms. The number of ether oxygens (including phenoxy) is 1. The van der Waals surface area contributed by atoms with Crippen molar-refractivity contribution in [3.63, 3.8) is 0 Å². The average molecular weight is 231 g/mol. The van der Waals surface area contributed by atoms with Gasteiger partial charge in [0.1, 0.15) is 0 Å². The number of nitrogens with one attached hydrogen (secondary N) is 1. The molecule has 0 aliphatic carbocycles. The first-order chi connectivity index (χ1) is 7.33. The third-order valence-corrected chi connectivity index (χ3v) is 3.64. The van der Waals surface area contributed by atoms with E-state index in [1.807, 2.05) is 11.8 Å². The van der Waals surface area contributed by atoms with Crippen LogP contribution in [0.5, 0.6) is 0 Å². The van der Waals surface area contributed by atoms with Crippen LogP contribution in [-0.4, -0.2) is 37.3 Å². The van der Waals surface area contributed by atoms with E-state index in [1.54, 1.807) is 0 Å². The van der Waals surface area contributed by atoms with Crippen molar-refractivity contribution in [3.05, 3.63) is 0 Å². The molecule has 1 N–H and O–H groups in total. The van der Waals surface area contributed by atoms with E-state index < -0.39 is 0 Å². The summed E-state index contributed by atoms with van der Waals surface area (Å²) in [4.78, 5) is 0. The van der Waals surface area contributed by atoms with E-state index in [-0.39, 0.29) is 0 Å². The van der Waals surface area contributed by atoms with Gasteiger partial charge in [-0.25, -0.2) is 0 Å². The van der Waals surface area contributed by atoms with Crippen molar-refractivity contribution < 1.29 is 4.74 Å². The molecule has 90 valence electrons. The normalized spacial score (nSPS) is 26.8. The van der Waals surface area contributed by atoms with Gasteiger partial charge < -0.3 is 10.1 Å². The minimum atomic E-state index is 0.452. The van der Waals surface area contributed by atoms with Crippen LogP contribution in [0.4, 0.5) is 0 Å². The van der Waals surface area contributed by atoms with Gasteiger partial charge in [0, 0.05) is 12.6 Å². The fraction of sp³-hybridized carbons (Fsp3) is 1.00. The van der Waals surface area contributed by atoms with E-state index >= 15 is 0 Å². The van der Waals surface area contributed by atoms with Gasteiger partial charge in [-0.15, -0.1) is 0 Å². The molecule has 1 saturated heterocycles. The van der Waals surface area contributed by atoms with Crippen LogP contribution < -0.4 is 5.32 Å². The van der Waals surface area contributed by atoms with Gasteiger partial charge in [-0.2, -0.15) is 11.8 Å². The minimum absolute atomic E-state index is 0.452. The molecule has 0 amide bonds. The van der Waals surface area contributed by atoms with Crippen LogP contribution in [0.2, 0.25) is 0 Å². The number of unbranched alkanes of at least 4 members (excludes halogenated alkanes) is 2. The van der Waals surface area contributed by atoms with Crippen LogP contribution in [0.3, 0.4) is 0 Å². The van der Waals surface area contributed by atoms with E-state index in [4.69, 9.17) is 4.74 Å². The Kier molecular flexibility index (Phi) is 7.49. The first kappa shape index (κ1) is 13.3. The molecule has 2 atom stereocenters. The van der Waals surface area contributed by atoms with Crippen molar-refractivity contribution in [1.82, 2.24) is 5.32 Å². The first-order valence-corrected chi connectivity index (χ1v) is 7.56. The molecular weight excluding hydrogens is 206 g/mol. The van der Waals surface area contributed by atoms with Crippen molar-refractivity contribution in [2.75, 3.05) is 25.2 Å². The molecule has 0 saturated carbocycles. The van der Waals surface area contributed by atoms with E-state index in [1.165, 1.54) is 44.4 Å². The highest BCUT2D eigenvalue weighted by atomic mass is 32.2. The summed E-state index contributed by atoms with van der Waals surface area (Å²) in [6.07, 6.45) is 9.07. The molecule has 1 rings (SSSR count). The summed E-state index contributed by atoms with van der Waals surface area (Å²) in [6.45, 7) is 4.30. The molecule has 15 heavy (non-hydrogen) atoms. The van der Waals surface area contributed by atoms with Crippen molar-refractivity contribution in [2.45, 2.75) is 51.2 Å². The number of hydrogen-bond donors (Lipinski definition) is 1. The highest BCUT2D eigenvalue weighted by Crippen LogP contribution is 2.13. The lowest BCUT2D eigenvalue weighted by molar-refractivity contribution is 0.0134. The Labute approximate surface area is 98.5 Å². The average Bonchev–Trinajstić information content (AvgIpc) is 2.23. The van der Waals surface area contributed by atoms with Crippen LogP contribution in [0.1, 0.15) is 39.0 Å². The smallest absolute Gasteiger partial charge is 0.0561 e. The summed E-state index contributed by atoms with van der Waals surface area (Å²) in [5.41, 5.74) is 0. The van der Waals surface area contributed by atoms with Gasteiger partial charge in [0.2, 0.25) is 0 Å². The monoisotopic (exact) mass is 231 g/mol. The quantitative estimate of drug-likeness (QED) is 0.681.